The van der Waals surface area contributed by atoms with Crippen LogP contribution in [0.1, 0.15) is 59.3 Å². The van der Waals surface area contributed by atoms with Crippen molar-refractivity contribution in [3.63, 3.8) is 0 Å². The Morgan fingerprint density at radius 3 is 2.45 bits per heavy atom. The van der Waals surface area contributed by atoms with Crippen LogP contribution in [0.2, 0.25) is 0 Å². The van der Waals surface area contributed by atoms with E-state index in [9.17, 15) is 14.7 Å². The molecule has 2 fully saturated rings. The first-order valence-electron chi connectivity index (χ1n) is 8.51. The number of nitrogens with zero attached hydrogens (tertiary/aromatic N) is 1. The van der Waals surface area contributed by atoms with Gasteiger partial charge in [-0.05, 0) is 25.7 Å². The molecule has 0 spiro atoms. The Morgan fingerprint density at radius 1 is 1.23 bits per heavy atom. The molecule has 0 aromatic rings. The van der Waals surface area contributed by atoms with E-state index in [1.807, 2.05) is 25.7 Å². The van der Waals surface area contributed by atoms with Gasteiger partial charge in [0.1, 0.15) is 0 Å². The minimum Gasteiger partial charge on any atom is -0.388 e. The van der Waals surface area contributed by atoms with Crippen LogP contribution in [0.5, 0.6) is 0 Å². The van der Waals surface area contributed by atoms with Gasteiger partial charge in [0.05, 0.1) is 11.5 Å². The first-order chi connectivity index (χ1) is 10.2. The van der Waals surface area contributed by atoms with Crippen LogP contribution < -0.4 is 5.32 Å². The van der Waals surface area contributed by atoms with Gasteiger partial charge in [0.2, 0.25) is 11.8 Å². The lowest BCUT2D eigenvalue weighted by Gasteiger charge is -2.36. The molecule has 0 aromatic heterocycles. The fourth-order valence-corrected chi connectivity index (χ4v) is 3.46. The summed E-state index contributed by atoms with van der Waals surface area (Å²) in [5.41, 5.74) is -1.12. The highest BCUT2D eigenvalue weighted by Gasteiger charge is 2.35. The van der Waals surface area contributed by atoms with Crippen LogP contribution in [-0.2, 0) is 9.59 Å². The summed E-state index contributed by atoms with van der Waals surface area (Å²) in [6.45, 7) is 7.32. The molecule has 5 nitrogen and oxygen atoms in total. The molecule has 126 valence electrons. The van der Waals surface area contributed by atoms with E-state index in [4.69, 9.17) is 0 Å². The SMILES string of the molecule is CC(C)(C)C(=O)N1CCCC(C(=O)NCC2(O)CCCC2)C1. The monoisotopic (exact) mass is 310 g/mol. The lowest BCUT2D eigenvalue weighted by atomic mass is 9.90. The third kappa shape index (κ3) is 4.22. The van der Waals surface area contributed by atoms with Crippen molar-refractivity contribution in [1.82, 2.24) is 10.2 Å². The number of carbonyl (C=O) groups excluding carboxylic acids is 2. The fourth-order valence-electron chi connectivity index (χ4n) is 3.46. The lowest BCUT2D eigenvalue weighted by Crippen LogP contribution is -2.50. The maximum atomic E-state index is 12.4. The van der Waals surface area contributed by atoms with Gasteiger partial charge in [-0.15, -0.1) is 0 Å². The molecular weight excluding hydrogens is 280 g/mol. The number of carbonyl (C=O) groups is 2. The van der Waals surface area contributed by atoms with Crippen LogP contribution in [0.25, 0.3) is 0 Å². The quantitative estimate of drug-likeness (QED) is 0.833. The Bertz CT molecular complexity index is 422. The Labute approximate surface area is 133 Å². The van der Waals surface area contributed by atoms with Gasteiger partial charge in [-0.3, -0.25) is 9.59 Å². The second kappa shape index (κ2) is 6.57. The molecule has 1 saturated heterocycles. The highest BCUT2D eigenvalue weighted by molar-refractivity contribution is 5.83. The lowest BCUT2D eigenvalue weighted by molar-refractivity contribution is -0.143. The number of hydrogen-bond donors (Lipinski definition) is 2. The molecule has 22 heavy (non-hydrogen) atoms. The van der Waals surface area contributed by atoms with Crippen molar-refractivity contribution in [3.8, 4) is 0 Å². The Hall–Kier alpha value is -1.10. The van der Waals surface area contributed by atoms with Gasteiger partial charge in [-0.2, -0.15) is 0 Å². The van der Waals surface area contributed by atoms with Crippen molar-refractivity contribution in [2.24, 2.45) is 11.3 Å². The number of rotatable bonds is 3. The standard InChI is InChI=1S/C17H30N2O3/c1-16(2,3)15(21)19-10-6-7-13(11-19)14(20)18-12-17(22)8-4-5-9-17/h13,22H,4-12H2,1-3H3,(H,18,20). The molecule has 0 radical (unpaired) electrons. The third-order valence-electron chi connectivity index (χ3n) is 4.85. The molecule has 1 heterocycles. The molecule has 2 aliphatic rings. The molecule has 2 amide bonds. The molecule has 1 saturated carbocycles. The predicted molar refractivity (Wildman–Crippen MR) is 85.2 cm³/mol. The molecule has 1 aliphatic heterocycles. The maximum absolute atomic E-state index is 12.4. The van der Waals surface area contributed by atoms with Crippen LogP contribution in [0.3, 0.4) is 0 Å². The molecule has 1 atom stereocenters. The number of piperidine rings is 1. The predicted octanol–water partition coefficient (Wildman–Crippen LogP) is 1.69. The number of hydrogen-bond acceptors (Lipinski definition) is 3. The highest BCUT2D eigenvalue weighted by Crippen LogP contribution is 2.29. The fraction of sp³-hybridized carbons (Fsp3) is 0.882. The van der Waals surface area contributed by atoms with Crippen molar-refractivity contribution < 1.29 is 14.7 Å². The van der Waals surface area contributed by atoms with Gasteiger partial charge in [-0.1, -0.05) is 33.6 Å². The Kier molecular flexibility index (Phi) is 5.15. The largest absolute Gasteiger partial charge is 0.388 e. The molecular formula is C17H30N2O3. The summed E-state index contributed by atoms with van der Waals surface area (Å²) in [4.78, 5) is 26.5. The third-order valence-corrected chi connectivity index (χ3v) is 4.85. The van der Waals surface area contributed by atoms with E-state index in [-0.39, 0.29) is 17.7 Å². The van der Waals surface area contributed by atoms with Crippen LogP contribution >= 0.6 is 0 Å². The Morgan fingerprint density at radius 2 is 1.86 bits per heavy atom. The van der Waals surface area contributed by atoms with Crippen molar-refractivity contribution in [2.75, 3.05) is 19.6 Å². The van der Waals surface area contributed by atoms with Crippen LogP contribution in [0.4, 0.5) is 0 Å². The zero-order valence-electron chi connectivity index (χ0n) is 14.2. The summed E-state index contributed by atoms with van der Waals surface area (Å²) < 4.78 is 0. The second-order valence-electron chi connectivity index (χ2n) is 7.99. The minimum atomic E-state index is -0.717. The van der Waals surface area contributed by atoms with Gasteiger partial charge < -0.3 is 15.3 Å². The van der Waals surface area contributed by atoms with Crippen LogP contribution in [0.15, 0.2) is 0 Å². The average molecular weight is 310 g/mol. The van der Waals surface area contributed by atoms with E-state index in [1.165, 1.54) is 0 Å². The number of nitrogens with one attached hydrogen (secondary N) is 1. The van der Waals surface area contributed by atoms with E-state index in [0.29, 0.717) is 13.1 Å². The first kappa shape index (κ1) is 17.3. The van der Waals surface area contributed by atoms with E-state index < -0.39 is 11.0 Å². The van der Waals surface area contributed by atoms with Crippen molar-refractivity contribution in [3.05, 3.63) is 0 Å². The van der Waals surface area contributed by atoms with E-state index in [1.54, 1.807) is 0 Å². The second-order valence-corrected chi connectivity index (χ2v) is 7.99. The van der Waals surface area contributed by atoms with E-state index >= 15 is 0 Å². The van der Waals surface area contributed by atoms with Gasteiger partial charge in [-0.25, -0.2) is 0 Å². The summed E-state index contributed by atoms with van der Waals surface area (Å²) in [5.74, 6) is -0.0591. The number of aliphatic hydroxyl groups is 1. The molecule has 1 unspecified atom stereocenters. The van der Waals surface area contributed by atoms with Crippen LogP contribution in [-0.4, -0.2) is 47.1 Å². The Balaban J connectivity index is 1.86. The number of amides is 2. The molecule has 0 aromatic carbocycles. The molecule has 0 bridgehead atoms. The zero-order chi connectivity index (χ0) is 16.4. The minimum absolute atomic E-state index is 0.0215. The smallest absolute Gasteiger partial charge is 0.227 e. The summed E-state index contributed by atoms with van der Waals surface area (Å²) in [6.07, 6.45) is 5.29. The van der Waals surface area contributed by atoms with Gasteiger partial charge in [0.25, 0.3) is 0 Å². The van der Waals surface area contributed by atoms with Crippen LogP contribution in [0, 0.1) is 11.3 Å². The highest BCUT2D eigenvalue weighted by atomic mass is 16.3. The molecule has 1 aliphatic carbocycles. The van der Waals surface area contributed by atoms with Crippen molar-refractivity contribution in [1.29, 1.82) is 0 Å². The first-order valence-corrected chi connectivity index (χ1v) is 8.51. The van der Waals surface area contributed by atoms with E-state index in [0.717, 1.165) is 45.1 Å². The molecule has 2 N–H and O–H groups in total. The molecule has 5 heteroatoms. The topological polar surface area (TPSA) is 69.6 Å². The molecule has 2 rings (SSSR count). The van der Waals surface area contributed by atoms with Gasteiger partial charge in [0, 0.05) is 25.0 Å². The summed E-state index contributed by atoms with van der Waals surface area (Å²) in [6, 6.07) is 0. The summed E-state index contributed by atoms with van der Waals surface area (Å²) in [7, 11) is 0. The van der Waals surface area contributed by atoms with Gasteiger partial charge >= 0.3 is 0 Å². The van der Waals surface area contributed by atoms with E-state index in [2.05, 4.69) is 5.32 Å². The average Bonchev–Trinajstić information content (AvgIpc) is 2.90. The number of likely N-dealkylation sites (tertiary alicyclic amines) is 1. The maximum Gasteiger partial charge on any atom is 0.227 e. The zero-order valence-corrected chi connectivity index (χ0v) is 14.2. The van der Waals surface area contributed by atoms with Crippen molar-refractivity contribution >= 4 is 11.8 Å². The van der Waals surface area contributed by atoms with Gasteiger partial charge in [0.15, 0.2) is 0 Å². The normalized spacial score (nSPS) is 25.1. The summed E-state index contributed by atoms with van der Waals surface area (Å²) in [5, 5.41) is 13.2. The van der Waals surface area contributed by atoms with Crippen molar-refractivity contribution in [2.45, 2.75) is 64.9 Å². The summed E-state index contributed by atoms with van der Waals surface area (Å²) >= 11 is 0.